The fraction of sp³-hybridized carbons (Fsp3) is 0.235. The molecule has 140 valence electrons. The minimum atomic E-state index is -3.81. The summed E-state index contributed by atoms with van der Waals surface area (Å²) < 4.78 is 37.0. The molecule has 0 aliphatic heterocycles. The smallest absolute Gasteiger partial charge is 0.241 e. The quantitative estimate of drug-likeness (QED) is 0.713. The normalized spacial score (nSPS) is 11.0. The van der Waals surface area contributed by atoms with Crippen molar-refractivity contribution in [3.63, 3.8) is 0 Å². The molecule has 0 saturated carbocycles. The number of sulfonamides is 1. The minimum Gasteiger partial charge on any atom is -0.495 e. The Bertz CT molecular complexity index is 869. The lowest BCUT2D eigenvalue weighted by Gasteiger charge is -2.10. The summed E-state index contributed by atoms with van der Waals surface area (Å²) in [6.07, 6.45) is 0. The van der Waals surface area contributed by atoms with E-state index < -0.39 is 22.5 Å². The van der Waals surface area contributed by atoms with Crippen LogP contribution in [0, 0.1) is 0 Å². The van der Waals surface area contributed by atoms with Crippen LogP contribution in [0.4, 0.5) is 5.69 Å². The standard InChI is InChI=1S/C17H19ClN2O5S/c1-3-25-13-5-7-14(8-6-13)26(22,23)19-11-17(21)20-12-4-9-16(24-2)15(18)10-12/h4-10,19H,3,11H2,1-2H3,(H,20,21). The third-order valence-electron chi connectivity index (χ3n) is 3.30. The Balaban J connectivity index is 1.96. The number of hydrogen-bond acceptors (Lipinski definition) is 5. The molecular formula is C17H19ClN2O5S. The minimum absolute atomic E-state index is 0.0428. The summed E-state index contributed by atoms with van der Waals surface area (Å²) in [5.41, 5.74) is 0.432. The molecule has 26 heavy (non-hydrogen) atoms. The van der Waals surface area contributed by atoms with Gasteiger partial charge in [-0.1, -0.05) is 11.6 Å². The number of anilines is 1. The van der Waals surface area contributed by atoms with Crippen LogP contribution in [0.1, 0.15) is 6.92 Å². The van der Waals surface area contributed by atoms with Crippen LogP contribution in [0.25, 0.3) is 0 Å². The molecule has 0 radical (unpaired) electrons. The molecule has 2 aromatic carbocycles. The molecule has 0 aliphatic rings. The topological polar surface area (TPSA) is 93.7 Å². The van der Waals surface area contributed by atoms with Crippen LogP contribution < -0.4 is 19.5 Å². The molecule has 0 fully saturated rings. The highest BCUT2D eigenvalue weighted by atomic mass is 35.5. The molecule has 7 nitrogen and oxygen atoms in total. The highest BCUT2D eigenvalue weighted by molar-refractivity contribution is 7.89. The van der Waals surface area contributed by atoms with E-state index in [2.05, 4.69) is 10.0 Å². The zero-order valence-corrected chi connectivity index (χ0v) is 15.9. The predicted molar refractivity (Wildman–Crippen MR) is 99.4 cm³/mol. The molecule has 0 spiro atoms. The number of carbonyl (C=O) groups is 1. The Kier molecular flexibility index (Phi) is 6.84. The van der Waals surface area contributed by atoms with Crippen LogP contribution in [0.15, 0.2) is 47.4 Å². The van der Waals surface area contributed by atoms with E-state index in [0.29, 0.717) is 28.8 Å². The molecule has 1 amide bonds. The second kappa shape index (κ2) is 8.88. The first-order valence-electron chi connectivity index (χ1n) is 7.71. The third kappa shape index (κ3) is 5.35. The summed E-state index contributed by atoms with van der Waals surface area (Å²) in [5, 5.41) is 2.89. The molecule has 0 saturated heterocycles. The number of rotatable bonds is 8. The molecule has 0 unspecified atom stereocenters. The van der Waals surface area contributed by atoms with E-state index in [1.165, 1.54) is 25.3 Å². The summed E-state index contributed by atoms with van der Waals surface area (Å²) in [4.78, 5) is 12.0. The van der Waals surface area contributed by atoms with Gasteiger partial charge in [0.05, 0.1) is 30.2 Å². The summed E-state index contributed by atoms with van der Waals surface area (Å²) in [6, 6.07) is 10.6. The number of halogens is 1. The zero-order valence-electron chi connectivity index (χ0n) is 14.3. The number of ether oxygens (including phenoxy) is 2. The molecule has 2 N–H and O–H groups in total. The van der Waals surface area contributed by atoms with Gasteiger partial charge in [-0.15, -0.1) is 0 Å². The van der Waals surface area contributed by atoms with Crippen LogP contribution in [0.2, 0.25) is 5.02 Å². The van der Waals surface area contributed by atoms with Crippen molar-refractivity contribution in [1.82, 2.24) is 4.72 Å². The van der Waals surface area contributed by atoms with Crippen LogP contribution in [-0.4, -0.2) is 34.6 Å². The van der Waals surface area contributed by atoms with Gasteiger partial charge < -0.3 is 14.8 Å². The van der Waals surface area contributed by atoms with E-state index >= 15 is 0 Å². The maximum Gasteiger partial charge on any atom is 0.241 e. The summed E-state index contributed by atoms with van der Waals surface area (Å²) in [5.74, 6) is 0.516. The van der Waals surface area contributed by atoms with Gasteiger partial charge in [-0.25, -0.2) is 13.1 Å². The molecule has 0 bridgehead atoms. The van der Waals surface area contributed by atoms with Crippen molar-refractivity contribution in [2.24, 2.45) is 0 Å². The van der Waals surface area contributed by atoms with Crippen molar-refractivity contribution >= 4 is 33.2 Å². The van der Waals surface area contributed by atoms with E-state index in [1.54, 1.807) is 24.3 Å². The molecule has 2 rings (SSSR count). The zero-order chi connectivity index (χ0) is 19.2. The maximum atomic E-state index is 12.2. The van der Waals surface area contributed by atoms with Crippen LogP contribution >= 0.6 is 11.6 Å². The predicted octanol–water partition coefficient (Wildman–Crippen LogP) is 2.66. The molecule has 2 aromatic rings. The summed E-state index contributed by atoms with van der Waals surface area (Å²) >= 11 is 5.98. The molecular weight excluding hydrogens is 380 g/mol. The van der Waals surface area contributed by atoms with Gasteiger partial charge in [0.1, 0.15) is 11.5 Å². The second-order valence-corrected chi connectivity index (χ2v) is 7.30. The van der Waals surface area contributed by atoms with E-state index in [9.17, 15) is 13.2 Å². The number of amides is 1. The molecule has 9 heteroatoms. The number of carbonyl (C=O) groups excluding carboxylic acids is 1. The van der Waals surface area contributed by atoms with Gasteiger partial charge in [-0.3, -0.25) is 4.79 Å². The van der Waals surface area contributed by atoms with Crippen molar-refractivity contribution in [2.45, 2.75) is 11.8 Å². The lowest BCUT2D eigenvalue weighted by atomic mass is 10.3. The highest BCUT2D eigenvalue weighted by Crippen LogP contribution is 2.27. The number of benzene rings is 2. The van der Waals surface area contributed by atoms with Gasteiger partial charge in [-0.05, 0) is 49.4 Å². The third-order valence-corrected chi connectivity index (χ3v) is 5.02. The first kappa shape index (κ1) is 20.0. The Morgan fingerprint density at radius 3 is 2.42 bits per heavy atom. The number of hydrogen-bond donors (Lipinski definition) is 2. The van der Waals surface area contributed by atoms with Crippen molar-refractivity contribution < 1.29 is 22.7 Å². The van der Waals surface area contributed by atoms with E-state index in [1.807, 2.05) is 6.92 Å². The van der Waals surface area contributed by atoms with E-state index in [-0.39, 0.29) is 4.90 Å². The Hall–Kier alpha value is -2.29. The molecule has 0 heterocycles. The number of methoxy groups -OCH3 is 1. The summed E-state index contributed by atoms with van der Waals surface area (Å²) in [7, 11) is -2.33. The van der Waals surface area contributed by atoms with Gasteiger partial charge in [0.2, 0.25) is 15.9 Å². The Morgan fingerprint density at radius 1 is 1.15 bits per heavy atom. The van der Waals surface area contributed by atoms with Crippen molar-refractivity contribution in [1.29, 1.82) is 0 Å². The molecule has 0 aliphatic carbocycles. The van der Waals surface area contributed by atoms with Gasteiger partial charge in [0.15, 0.2) is 0 Å². The van der Waals surface area contributed by atoms with E-state index in [0.717, 1.165) is 0 Å². The first-order valence-corrected chi connectivity index (χ1v) is 9.57. The van der Waals surface area contributed by atoms with Gasteiger partial charge >= 0.3 is 0 Å². The van der Waals surface area contributed by atoms with Crippen LogP contribution in [0.5, 0.6) is 11.5 Å². The van der Waals surface area contributed by atoms with Crippen molar-refractivity contribution in [3.05, 3.63) is 47.5 Å². The van der Waals surface area contributed by atoms with Crippen LogP contribution in [0.3, 0.4) is 0 Å². The molecule has 0 aromatic heterocycles. The van der Waals surface area contributed by atoms with Crippen molar-refractivity contribution in [3.8, 4) is 11.5 Å². The fourth-order valence-electron chi connectivity index (χ4n) is 2.07. The fourth-order valence-corrected chi connectivity index (χ4v) is 3.31. The average molecular weight is 399 g/mol. The van der Waals surface area contributed by atoms with Gasteiger partial charge in [-0.2, -0.15) is 0 Å². The lowest BCUT2D eigenvalue weighted by molar-refractivity contribution is -0.115. The van der Waals surface area contributed by atoms with Crippen LogP contribution in [-0.2, 0) is 14.8 Å². The maximum absolute atomic E-state index is 12.2. The Labute approximate surface area is 157 Å². The SMILES string of the molecule is CCOc1ccc(S(=O)(=O)NCC(=O)Nc2ccc(OC)c(Cl)c2)cc1. The second-order valence-electron chi connectivity index (χ2n) is 5.13. The Morgan fingerprint density at radius 2 is 1.85 bits per heavy atom. The van der Waals surface area contributed by atoms with Gasteiger partial charge in [0, 0.05) is 5.69 Å². The number of nitrogens with one attached hydrogen (secondary N) is 2. The monoisotopic (exact) mass is 398 g/mol. The van der Waals surface area contributed by atoms with Crippen molar-refractivity contribution in [2.75, 3.05) is 25.6 Å². The summed E-state index contributed by atoms with van der Waals surface area (Å²) in [6.45, 7) is 1.90. The van der Waals surface area contributed by atoms with Gasteiger partial charge in [0.25, 0.3) is 0 Å². The highest BCUT2D eigenvalue weighted by Gasteiger charge is 2.16. The average Bonchev–Trinajstić information content (AvgIpc) is 2.61. The largest absolute Gasteiger partial charge is 0.495 e. The lowest BCUT2D eigenvalue weighted by Crippen LogP contribution is -2.32. The molecule has 0 atom stereocenters. The van der Waals surface area contributed by atoms with E-state index in [4.69, 9.17) is 21.1 Å². The first-order chi connectivity index (χ1) is 12.4.